The number of ether oxygens (including phenoxy) is 2. The van der Waals surface area contributed by atoms with Gasteiger partial charge in [-0.25, -0.2) is 9.78 Å². The fraction of sp³-hybridized carbons (Fsp3) is 0.371. The number of carbonyl (C=O) groups is 2. The molecule has 0 saturated carbocycles. The molecule has 0 radical (unpaired) electrons. The number of carbonyl (C=O) groups excluding carboxylic acids is 2. The smallest absolute Gasteiger partial charge is 0.340 e. The molecular formula is C35H42N4O4. The minimum absolute atomic E-state index is 0.157. The van der Waals surface area contributed by atoms with Crippen LogP contribution in [0.1, 0.15) is 90.6 Å². The first-order valence-electron chi connectivity index (χ1n) is 14.7. The molecule has 5 heterocycles. The molecule has 226 valence electrons. The van der Waals surface area contributed by atoms with E-state index in [2.05, 4.69) is 67.2 Å². The van der Waals surface area contributed by atoms with Gasteiger partial charge in [0.05, 0.1) is 31.2 Å². The highest BCUT2D eigenvalue weighted by atomic mass is 16.5. The first kappa shape index (κ1) is 31.5. The van der Waals surface area contributed by atoms with E-state index in [4.69, 9.17) is 14.7 Å². The average Bonchev–Trinajstić information content (AvgIpc) is 3.70. The second kappa shape index (κ2) is 12.8. The first-order valence-corrected chi connectivity index (χ1v) is 14.7. The number of methoxy groups -OCH3 is 2. The lowest BCUT2D eigenvalue weighted by atomic mass is 9.99. The van der Waals surface area contributed by atoms with Crippen molar-refractivity contribution in [3.8, 4) is 0 Å². The highest BCUT2D eigenvalue weighted by Crippen LogP contribution is 2.36. The highest BCUT2D eigenvalue weighted by molar-refractivity contribution is 6.25. The molecule has 0 saturated heterocycles. The average molecular weight is 583 g/mol. The van der Waals surface area contributed by atoms with Crippen molar-refractivity contribution < 1.29 is 19.1 Å². The van der Waals surface area contributed by atoms with Crippen molar-refractivity contribution >= 4 is 51.2 Å². The van der Waals surface area contributed by atoms with Crippen LogP contribution in [-0.2, 0) is 31.9 Å². The van der Waals surface area contributed by atoms with Gasteiger partial charge in [0, 0.05) is 51.4 Å². The van der Waals surface area contributed by atoms with Gasteiger partial charge >= 0.3 is 11.9 Å². The fourth-order valence-electron chi connectivity index (χ4n) is 5.73. The van der Waals surface area contributed by atoms with E-state index in [9.17, 15) is 9.59 Å². The van der Waals surface area contributed by atoms with E-state index in [-0.39, 0.29) is 17.9 Å². The van der Waals surface area contributed by atoms with E-state index >= 15 is 0 Å². The summed E-state index contributed by atoms with van der Waals surface area (Å²) >= 11 is 0. The van der Waals surface area contributed by atoms with Gasteiger partial charge in [0.25, 0.3) is 0 Å². The van der Waals surface area contributed by atoms with Crippen molar-refractivity contribution in [3.63, 3.8) is 0 Å². The van der Waals surface area contributed by atoms with Gasteiger partial charge in [-0.1, -0.05) is 33.4 Å². The lowest BCUT2D eigenvalue weighted by Gasteiger charge is -2.05. The molecule has 0 aromatic carbocycles. The van der Waals surface area contributed by atoms with Crippen molar-refractivity contribution in [2.75, 3.05) is 14.2 Å². The number of hydrogen-bond acceptors (Lipinski definition) is 6. The van der Waals surface area contributed by atoms with Gasteiger partial charge in [0.15, 0.2) is 0 Å². The Labute approximate surface area is 253 Å². The van der Waals surface area contributed by atoms with Crippen LogP contribution in [0.4, 0.5) is 0 Å². The summed E-state index contributed by atoms with van der Waals surface area (Å²) in [5.41, 5.74) is 14.3. The topological polar surface area (TPSA) is 110 Å². The number of aromatic nitrogens is 4. The molecule has 8 nitrogen and oxygen atoms in total. The molecule has 2 aliphatic rings. The summed E-state index contributed by atoms with van der Waals surface area (Å²) in [6, 6.07) is 6.36. The first-order chi connectivity index (χ1) is 20.5. The molecule has 0 aliphatic carbocycles. The molecule has 43 heavy (non-hydrogen) atoms. The molecule has 8 heteroatoms. The lowest BCUT2D eigenvalue weighted by Crippen LogP contribution is -2.05. The Kier molecular flexibility index (Phi) is 9.38. The second-order valence-electron chi connectivity index (χ2n) is 11.0. The molecule has 8 bridgehead atoms. The number of nitrogens with one attached hydrogen (secondary N) is 2. The fourth-order valence-corrected chi connectivity index (χ4v) is 5.73. The molecule has 2 N–H and O–H groups in total. The van der Waals surface area contributed by atoms with E-state index < -0.39 is 0 Å². The number of hydrogen-bond donors (Lipinski definition) is 2. The van der Waals surface area contributed by atoms with E-state index in [0.29, 0.717) is 17.7 Å². The van der Waals surface area contributed by atoms with E-state index in [1.807, 2.05) is 19.9 Å². The van der Waals surface area contributed by atoms with Crippen LogP contribution in [-0.4, -0.2) is 46.1 Å². The van der Waals surface area contributed by atoms with Gasteiger partial charge in [0.1, 0.15) is 0 Å². The third-order valence-corrected chi connectivity index (χ3v) is 8.43. The largest absolute Gasteiger partial charge is 0.469 e. The van der Waals surface area contributed by atoms with Gasteiger partial charge in [-0.2, -0.15) is 0 Å². The normalized spacial score (nSPS) is 14.2. The summed E-state index contributed by atoms with van der Waals surface area (Å²) in [6.07, 6.45) is 4.04. The molecule has 1 atom stereocenters. The number of aryl methyl sites for hydroxylation is 3. The van der Waals surface area contributed by atoms with E-state index in [0.717, 1.165) is 74.3 Å². The second-order valence-corrected chi connectivity index (χ2v) is 11.0. The van der Waals surface area contributed by atoms with E-state index in [1.165, 1.54) is 25.3 Å². The molecule has 0 fully saturated rings. The number of allylic oxidation sites excluding steroid dienone is 1. The van der Waals surface area contributed by atoms with Crippen LogP contribution in [0.25, 0.3) is 39.3 Å². The third kappa shape index (κ3) is 5.91. The van der Waals surface area contributed by atoms with Gasteiger partial charge in [-0.3, -0.25) is 9.78 Å². The zero-order valence-corrected chi connectivity index (χ0v) is 26.7. The predicted octanol–water partition coefficient (Wildman–Crippen LogP) is 7.46. The SMILES string of the molecule is C=Cc1c(C)c2cc3nc(c(C)c4nc(cc5[nH]c(cc1[nH]2)c(C)c5CC)C(C)=C4C(=O)OC)CC3C.CCC(=O)OC. The Balaban J connectivity index is 0.000000641. The molecule has 1 unspecified atom stereocenters. The summed E-state index contributed by atoms with van der Waals surface area (Å²) in [6.45, 7) is 18.4. The minimum atomic E-state index is -0.377. The molecule has 2 aliphatic heterocycles. The third-order valence-electron chi connectivity index (χ3n) is 8.43. The minimum Gasteiger partial charge on any atom is -0.469 e. The molecule has 0 spiro atoms. The molecule has 3 aromatic rings. The van der Waals surface area contributed by atoms with Crippen molar-refractivity contribution in [3.05, 3.63) is 75.4 Å². The van der Waals surface area contributed by atoms with Crippen LogP contribution in [0.2, 0.25) is 0 Å². The maximum Gasteiger partial charge on any atom is 0.340 e. The van der Waals surface area contributed by atoms with Crippen LogP contribution < -0.4 is 0 Å². The maximum absolute atomic E-state index is 12.9. The summed E-state index contributed by atoms with van der Waals surface area (Å²) in [7, 11) is 2.80. The number of rotatable bonds is 4. The Bertz CT molecular complexity index is 1800. The number of esters is 2. The van der Waals surface area contributed by atoms with Crippen LogP contribution in [0.15, 0.2) is 24.8 Å². The van der Waals surface area contributed by atoms with Crippen molar-refractivity contribution in [2.45, 2.75) is 73.6 Å². The van der Waals surface area contributed by atoms with Gasteiger partial charge in [0.2, 0.25) is 0 Å². The zero-order valence-electron chi connectivity index (χ0n) is 26.7. The quantitative estimate of drug-likeness (QED) is 0.309. The summed E-state index contributed by atoms with van der Waals surface area (Å²) in [4.78, 5) is 40.1. The van der Waals surface area contributed by atoms with Gasteiger partial charge < -0.3 is 19.4 Å². The Morgan fingerprint density at radius 1 is 0.930 bits per heavy atom. The number of H-pyrrole nitrogens is 2. The molecular weight excluding hydrogens is 540 g/mol. The monoisotopic (exact) mass is 582 g/mol. The summed E-state index contributed by atoms with van der Waals surface area (Å²) < 4.78 is 9.44. The van der Waals surface area contributed by atoms with Gasteiger partial charge in [-0.15, -0.1) is 0 Å². The molecule has 0 amide bonds. The van der Waals surface area contributed by atoms with Crippen LogP contribution in [0.5, 0.6) is 0 Å². The number of nitrogens with zero attached hydrogens (tertiary/aromatic N) is 2. The number of aromatic amines is 2. The Hall–Kier alpha value is -4.46. The zero-order chi connectivity index (χ0) is 31.6. The molecule has 3 aromatic heterocycles. The number of fused-ring (bicyclic) bond motifs is 8. The van der Waals surface area contributed by atoms with Gasteiger partial charge in [-0.05, 0) is 86.6 Å². The van der Waals surface area contributed by atoms with Crippen molar-refractivity contribution in [1.29, 1.82) is 0 Å². The van der Waals surface area contributed by atoms with Crippen LogP contribution in [0.3, 0.4) is 0 Å². The standard InChI is InChI=1S/C31H34N4O2.C4H8O2/c1-9-20-16(4)24-12-22-15(3)11-23(32-22)19(7)30-29(31(36)37-8)18(6)26(35-30)14-28-21(10-2)17(5)25(34-28)13-27(20)33-24;1-3-4(5)6-2/h9,12-15,33-34H,1,10-11H2,2-8H3;3H2,1-2H3. The van der Waals surface area contributed by atoms with Crippen LogP contribution in [0, 0.1) is 20.8 Å². The Morgan fingerprint density at radius 3 is 2.19 bits per heavy atom. The maximum atomic E-state index is 12.9. The van der Waals surface area contributed by atoms with Crippen LogP contribution >= 0.6 is 0 Å². The predicted molar refractivity (Wildman–Crippen MR) is 174 cm³/mol. The lowest BCUT2D eigenvalue weighted by molar-refractivity contribution is -0.140. The highest BCUT2D eigenvalue weighted by Gasteiger charge is 2.28. The van der Waals surface area contributed by atoms with E-state index in [1.54, 1.807) is 6.92 Å². The molecule has 5 rings (SSSR count). The Morgan fingerprint density at radius 2 is 1.60 bits per heavy atom. The summed E-state index contributed by atoms with van der Waals surface area (Å²) in [5.74, 6) is -0.292. The summed E-state index contributed by atoms with van der Waals surface area (Å²) in [5, 5.41) is 0. The van der Waals surface area contributed by atoms with Crippen molar-refractivity contribution in [1.82, 2.24) is 19.9 Å². The van der Waals surface area contributed by atoms with Crippen molar-refractivity contribution in [2.24, 2.45) is 0 Å².